The van der Waals surface area contributed by atoms with Crippen molar-refractivity contribution in [2.45, 2.75) is 19.5 Å². The van der Waals surface area contributed by atoms with E-state index in [1.54, 1.807) is 31.2 Å². The lowest BCUT2D eigenvalue weighted by atomic mass is 10.0. The Kier molecular flexibility index (Phi) is 7.77. The summed E-state index contributed by atoms with van der Waals surface area (Å²) in [5.74, 6) is -3.12. The highest BCUT2D eigenvalue weighted by Crippen LogP contribution is 2.34. The fourth-order valence-electron chi connectivity index (χ4n) is 3.89. The minimum atomic E-state index is -1.27. The maximum atomic E-state index is 14.0. The molecule has 0 bridgehead atoms. The number of aryl methyl sites for hydroxylation is 1. The van der Waals surface area contributed by atoms with Crippen LogP contribution in [0.1, 0.15) is 42.9 Å². The van der Waals surface area contributed by atoms with E-state index in [2.05, 4.69) is 9.69 Å². The zero-order valence-electron chi connectivity index (χ0n) is 20.2. The smallest absolute Gasteiger partial charge is 0.273 e. The van der Waals surface area contributed by atoms with Crippen LogP contribution in [0.4, 0.5) is 20.2 Å². The van der Waals surface area contributed by atoms with Crippen molar-refractivity contribution in [3.8, 4) is 0 Å². The molecule has 1 atom stereocenters. The van der Waals surface area contributed by atoms with Gasteiger partial charge in [-0.15, -0.1) is 0 Å². The number of nitrogens with two attached hydrogens (primary N) is 2. The van der Waals surface area contributed by atoms with Crippen molar-refractivity contribution in [2.75, 3.05) is 10.6 Å². The number of rotatable bonds is 8. The standard InChI is InChI=1S/C27H23F2N5O3S/c1-15-4-2-3-5-20(15)34(27(37)24-21(30)22(25(31)35)33-38-24)23(17-8-12-19(29)13-9-17)26(36)32-14-16-6-10-18(28)11-7-16/h2-13,23H,14,30H2,1H3,(H2,31,35)(H,32,36)/t23-/m0/s1. The fourth-order valence-corrected chi connectivity index (χ4v) is 4.63. The molecule has 0 radical (unpaired) electrons. The number of benzene rings is 3. The van der Waals surface area contributed by atoms with Crippen molar-refractivity contribution >= 4 is 40.6 Å². The second-order valence-corrected chi connectivity index (χ2v) is 9.17. The van der Waals surface area contributed by atoms with Gasteiger partial charge in [0.25, 0.3) is 11.8 Å². The second kappa shape index (κ2) is 11.2. The zero-order valence-corrected chi connectivity index (χ0v) is 21.0. The van der Waals surface area contributed by atoms with Gasteiger partial charge in [0.1, 0.15) is 22.6 Å². The van der Waals surface area contributed by atoms with Crippen LogP contribution >= 0.6 is 11.5 Å². The molecule has 0 saturated heterocycles. The van der Waals surface area contributed by atoms with E-state index in [4.69, 9.17) is 11.5 Å². The van der Waals surface area contributed by atoms with E-state index in [1.807, 2.05) is 0 Å². The quantitative estimate of drug-likeness (QED) is 0.312. The molecule has 5 N–H and O–H groups in total. The minimum Gasteiger partial charge on any atom is -0.395 e. The van der Waals surface area contributed by atoms with Gasteiger partial charge in [0.2, 0.25) is 5.91 Å². The van der Waals surface area contributed by atoms with Crippen LogP contribution in [0.2, 0.25) is 0 Å². The van der Waals surface area contributed by atoms with Crippen LogP contribution in [0, 0.1) is 18.6 Å². The Morgan fingerprint density at radius 3 is 2.16 bits per heavy atom. The van der Waals surface area contributed by atoms with Crippen molar-refractivity contribution in [1.82, 2.24) is 9.69 Å². The van der Waals surface area contributed by atoms with Crippen LogP contribution in [0.25, 0.3) is 0 Å². The molecule has 1 aromatic heterocycles. The van der Waals surface area contributed by atoms with E-state index in [9.17, 15) is 23.2 Å². The van der Waals surface area contributed by atoms with Crippen LogP contribution in [0.5, 0.6) is 0 Å². The second-order valence-electron chi connectivity index (χ2n) is 8.40. The van der Waals surface area contributed by atoms with Gasteiger partial charge in [-0.1, -0.05) is 42.5 Å². The SMILES string of the molecule is Cc1ccccc1N(C(=O)c1snc(C(N)=O)c1N)[C@H](C(=O)NCc1ccc(F)cc1)c1ccc(F)cc1. The first-order chi connectivity index (χ1) is 18.2. The number of primary amides is 1. The number of nitrogens with zero attached hydrogens (tertiary/aromatic N) is 2. The number of aromatic nitrogens is 1. The Morgan fingerprint density at radius 1 is 0.974 bits per heavy atom. The van der Waals surface area contributed by atoms with Crippen molar-refractivity contribution < 1.29 is 23.2 Å². The summed E-state index contributed by atoms with van der Waals surface area (Å²) in [7, 11) is 0. The summed E-state index contributed by atoms with van der Waals surface area (Å²) in [6.45, 7) is 1.81. The molecule has 0 unspecified atom stereocenters. The normalized spacial score (nSPS) is 11.6. The lowest BCUT2D eigenvalue weighted by Gasteiger charge is -2.32. The van der Waals surface area contributed by atoms with Gasteiger partial charge in [0.05, 0.1) is 5.69 Å². The number of hydrogen-bond donors (Lipinski definition) is 3. The van der Waals surface area contributed by atoms with Gasteiger partial charge in [0, 0.05) is 12.2 Å². The van der Waals surface area contributed by atoms with E-state index in [0.717, 1.165) is 0 Å². The molecule has 194 valence electrons. The van der Waals surface area contributed by atoms with Crippen LogP contribution in [0.15, 0.2) is 72.8 Å². The number of nitrogens with one attached hydrogen (secondary N) is 1. The Morgan fingerprint density at radius 2 is 1.58 bits per heavy atom. The van der Waals surface area contributed by atoms with Gasteiger partial charge in [-0.25, -0.2) is 8.78 Å². The van der Waals surface area contributed by atoms with Crippen LogP contribution in [-0.2, 0) is 11.3 Å². The maximum Gasteiger partial charge on any atom is 0.273 e. The lowest BCUT2D eigenvalue weighted by molar-refractivity contribution is -0.122. The molecule has 0 saturated carbocycles. The molecule has 0 fully saturated rings. The van der Waals surface area contributed by atoms with Gasteiger partial charge in [-0.2, -0.15) is 4.37 Å². The minimum absolute atomic E-state index is 0.0428. The zero-order chi connectivity index (χ0) is 27.4. The summed E-state index contributed by atoms with van der Waals surface area (Å²) in [5.41, 5.74) is 12.9. The first-order valence-corrected chi connectivity index (χ1v) is 12.2. The first-order valence-electron chi connectivity index (χ1n) is 11.4. The average Bonchev–Trinajstić information content (AvgIpc) is 3.29. The topological polar surface area (TPSA) is 131 Å². The molecule has 1 heterocycles. The molecule has 38 heavy (non-hydrogen) atoms. The molecular formula is C27H23F2N5O3S. The highest BCUT2D eigenvalue weighted by atomic mass is 32.1. The van der Waals surface area contributed by atoms with Gasteiger partial charge in [-0.3, -0.25) is 19.3 Å². The number of amides is 3. The van der Waals surface area contributed by atoms with Gasteiger partial charge in [-0.05, 0) is 65.5 Å². The Bertz CT molecular complexity index is 1490. The lowest BCUT2D eigenvalue weighted by Crippen LogP contribution is -2.44. The summed E-state index contributed by atoms with van der Waals surface area (Å²) < 4.78 is 31.1. The summed E-state index contributed by atoms with van der Waals surface area (Å²) >= 11 is 0.686. The number of carbonyl (C=O) groups is 3. The Labute approximate surface area is 221 Å². The number of hydrogen-bond acceptors (Lipinski definition) is 6. The number of para-hydroxylation sites is 1. The van der Waals surface area contributed by atoms with Gasteiger partial charge >= 0.3 is 0 Å². The molecule has 3 aromatic carbocycles. The van der Waals surface area contributed by atoms with Gasteiger partial charge < -0.3 is 16.8 Å². The molecular weight excluding hydrogens is 512 g/mol. The molecule has 11 heteroatoms. The largest absolute Gasteiger partial charge is 0.395 e. The summed E-state index contributed by atoms with van der Waals surface area (Å²) in [6.07, 6.45) is 0. The Balaban J connectivity index is 1.82. The number of nitrogen functional groups attached to an aromatic ring is 1. The van der Waals surface area contributed by atoms with Gasteiger partial charge in [0.15, 0.2) is 5.69 Å². The van der Waals surface area contributed by atoms with E-state index < -0.39 is 35.4 Å². The molecule has 4 aromatic rings. The molecule has 3 amide bonds. The average molecular weight is 536 g/mol. The summed E-state index contributed by atoms with van der Waals surface area (Å²) in [4.78, 5) is 40.6. The molecule has 8 nitrogen and oxygen atoms in total. The van der Waals surface area contributed by atoms with E-state index in [0.29, 0.717) is 33.9 Å². The predicted octanol–water partition coefficient (Wildman–Crippen LogP) is 4.12. The van der Waals surface area contributed by atoms with E-state index >= 15 is 0 Å². The number of carbonyl (C=O) groups excluding carboxylic acids is 3. The van der Waals surface area contributed by atoms with Crippen molar-refractivity contribution in [3.05, 3.63) is 112 Å². The number of halogens is 2. The Hall–Kier alpha value is -4.64. The third kappa shape index (κ3) is 5.52. The van der Waals surface area contributed by atoms with Crippen molar-refractivity contribution in [3.63, 3.8) is 0 Å². The summed E-state index contributed by atoms with van der Waals surface area (Å²) in [5, 5.41) is 2.78. The third-order valence-corrected chi connectivity index (χ3v) is 6.67. The molecule has 0 aliphatic heterocycles. The molecule has 0 spiro atoms. The fraction of sp³-hybridized carbons (Fsp3) is 0.111. The van der Waals surface area contributed by atoms with E-state index in [1.165, 1.54) is 53.4 Å². The van der Waals surface area contributed by atoms with Crippen LogP contribution < -0.4 is 21.7 Å². The number of anilines is 2. The highest BCUT2D eigenvalue weighted by molar-refractivity contribution is 7.09. The van der Waals surface area contributed by atoms with Crippen LogP contribution in [0.3, 0.4) is 0 Å². The van der Waals surface area contributed by atoms with Crippen LogP contribution in [-0.4, -0.2) is 22.1 Å². The molecule has 4 rings (SSSR count). The molecule has 0 aliphatic rings. The molecule has 0 aliphatic carbocycles. The monoisotopic (exact) mass is 535 g/mol. The van der Waals surface area contributed by atoms with Crippen molar-refractivity contribution in [1.29, 1.82) is 0 Å². The first kappa shape index (κ1) is 26.4. The third-order valence-electron chi connectivity index (χ3n) is 5.82. The van der Waals surface area contributed by atoms with Crippen molar-refractivity contribution in [2.24, 2.45) is 5.73 Å². The maximum absolute atomic E-state index is 14.0. The van der Waals surface area contributed by atoms with E-state index in [-0.39, 0.29) is 22.8 Å². The summed E-state index contributed by atoms with van der Waals surface area (Å²) in [6, 6.07) is 16.4. The predicted molar refractivity (Wildman–Crippen MR) is 140 cm³/mol. The highest BCUT2D eigenvalue weighted by Gasteiger charge is 2.36.